The quantitative estimate of drug-likeness (QED) is 0.0261. The lowest BCUT2D eigenvalue weighted by Gasteiger charge is -2.18. The molecule has 71 heavy (non-hydrogen) atoms. The van der Waals surface area contributed by atoms with Crippen LogP contribution in [0.15, 0.2) is 24.3 Å². The molecule has 0 amide bonds. The summed E-state index contributed by atoms with van der Waals surface area (Å²) in [7, 11) is 0. The highest BCUT2D eigenvalue weighted by Gasteiger charge is 2.19. The second-order valence-electron chi connectivity index (χ2n) is 21.7. The van der Waals surface area contributed by atoms with Crippen LogP contribution in [0.5, 0.6) is 0 Å². The first-order valence-electron chi connectivity index (χ1n) is 31.8. The van der Waals surface area contributed by atoms with E-state index in [2.05, 4.69) is 45.1 Å². The first kappa shape index (κ1) is 68.9. The molecule has 0 bridgehead atoms. The third-order valence-corrected chi connectivity index (χ3v) is 14.5. The van der Waals surface area contributed by atoms with Crippen molar-refractivity contribution in [2.24, 2.45) is 0 Å². The molecule has 0 aromatic carbocycles. The van der Waals surface area contributed by atoms with Crippen LogP contribution in [-0.2, 0) is 28.6 Å². The third-order valence-electron chi connectivity index (χ3n) is 14.5. The Morgan fingerprint density at radius 1 is 0.282 bits per heavy atom. The number of esters is 3. The molecule has 0 aromatic rings. The minimum Gasteiger partial charge on any atom is -0.462 e. The van der Waals surface area contributed by atoms with Crippen molar-refractivity contribution in [3.8, 4) is 0 Å². The van der Waals surface area contributed by atoms with Gasteiger partial charge in [-0.05, 0) is 51.4 Å². The monoisotopic (exact) mass is 999 g/mol. The second kappa shape index (κ2) is 60.4. The fourth-order valence-corrected chi connectivity index (χ4v) is 9.65. The number of carbonyl (C=O) groups is 3. The van der Waals surface area contributed by atoms with E-state index in [9.17, 15) is 14.4 Å². The summed E-state index contributed by atoms with van der Waals surface area (Å²) in [6.07, 6.45) is 71.8. The maximum atomic E-state index is 12.9. The predicted molar refractivity (Wildman–Crippen MR) is 307 cm³/mol. The van der Waals surface area contributed by atoms with Crippen molar-refractivity contribution in [2.45, 2.75) is 361 Å². The van der Waals surface area contributed by atoms with Gasteiger partial charge in [-0.1, -0.05) is 308 Å². The molecule has 0 aliphatic rings. The van der Waals surface area contributed by atoms with Crippen molar-refractivity contribution in [1.29, 1.82) is 0 Å². The first-order chi connectivity index (χ1) is 35.0. The number of hydrogen-bond acceptors (Lipinski definition) is 6. The standard InChI is InChI=1S/C65H122O6/c1-4-7-10-13-16-19-22-25-28-29-30-31-32-33-34-35-38-40-43-46-49-52-55-58-64(67)70-61-62(71-65(68)59-56-53-50-47-44-41-37-27-24-21-18-15-12-9-6-3)60-69-63(66)57-54-51-48-45-42-39-36-26-23-20-17-14-11-8-5-2/h22,25,29-30,62H,4-21,23-24,26-28,31-61H2,1-3H3/b25-22-,30-29-. The molecule has 0 saturated heterocycles. The first-order valence-corrected chi connectivity index (χ1v) is 31.8. The molecule has 0 rings (SSSR count). The van der Waals surface area contributed by atoms with Gasteiger partial charge in [0.2, 0.25) is 0 Å². The van der Waals surface area contributed by atoms with E-state index in [1.165, 1.54) is 250 Å². The highest BCUT2D eigenvalue weighted by atomic mass is 16.6. The van der Waals surface area contributed by atoms with Gasteiger partial charge in [-0.2, -0.15) is 0 Å². The number of hydrogen-bond donors (Lipinski definition) is 0. The molecule has 0 fully saturated rings. The molecule has 0 spiro atoms. The van der Waals surface area contributed by atoms with Crippen LogP contribution >= 0.6 is 0 Å². The van der Waals surface area contributed by atoms with Gasteiger partial charge in [0.1, 0.15) is 13.2 Å². The molecule has 1 atom stereocenters. The molecule has 6 heteroatoms. The molecule has 6 nitrogen and oxygen atoms in total. The van der Waals surface area contributed by atoms with Gasteiger partial charge >= 0.3 is 17.9 Å². The molecular weight excluding hydrogens is 877 g/mol. The fraction of sp³-hybridized carbons (Fsp3) is 0.892. The molecule has 418 valence electrons. The third kappa shape index (κ3) is 58.7. The summed E-state index contributed by atoms with van der Waals surface area (Å²) in [5.41, 5.74) is 0. The summed E-state index contributed by atoms with van der Waals surface area (Å²) in [4.78, 5) is 38.3. The largest absolute Gasteiger partial charge is 0.462 e. The molecular formula is C65H122O6. The van der Waals surface area contributed by atoms with E-state index in [1.54, 1.807) is 0 Å². The molecule has 1 unspecified atom stereocenters. The van der Waals surface area contributed by atoms with Gasteiger partial charge < -0.3 is 14.2 Å². The number of rotatable bonds is 59. The molecule has 0 saturated carbocycles. The molecule has 0 N–H and O–H groups in total. The maximum absolute atomic E-state index is 12.9. The van der Waals surface area contributed by atoms with Crippen molar-refractivity contribution in [3.63, 3.8) is 0 Å². The normalized spacial score (nSPS) is 12.1. The molecule has 0 aromatic heterocycles. The van der Waals surface area contributed by atoms with Gasteiger partial charge in [0.25, 0.3) is 0 Å². The van der Waals surface area contributed by atoms with Crippen molar-refractivity contribution in [2.75, 3.05) is 13.2 Å². The second-order valence-corrected chi connectivity index (χ2v) is 21.7. The van der Waals surface area contributed by atoms with Crippen LogP contribution in [-0.4, -0.2) is 37.2 Å². The van der Waals surface area contributed by atoms with E-state index in [4.69, 9.17) is 14.2 Å². The Morgan fingerprint density at radius 3 is 0.775 bits per heavy atom. The van der Waals surface area contributed by atoms with E-state index in [0.717, 1.165) is 64.2 Å². The van der Waals surface area contributed by atoms with Crippen LogP contribution in [0.3, 0.4) is 0 Å². The molecule has 0 aliphatic heterocycles. The van der Waals surface area contributed by atoms with Gasteiger partial charge in [-0.25, -0.2) is 0 Å². The minimum absolute atomic E-state index is 0.0652. The smallest absolute Gasteiger partial charge is 0.306 e. The predicted octanol–water partition coefficient (Wildman–Crippen LogP) is 21.4. The van der Waals surface area contributed by atoms with E-state index >= 15 is 0 Å². The zero-order valence-corrected chi connectivity index (χ0v) is 48.0. The zero-order valence-electron chi connectivity index (χ0n) is 48.0. The Kier molecular flexibility index (Phi) is 58.6. The van der Waals surface area contributed by atoms with E-state index in [0.29, 0.717) is 19.3 Å². The van der Waals surface area contributed by atoms with Crippen LogP contribution in [0, 0.1) is 0 Å². The van der Waals surface area contributed by atoms with Crippen LogP contribution < -0.4 is 0 Å². The minimum atomic E-state index is -0.767. The average molecular weight is 1000 g/mol. The van der Waals surface area contributed by atoms with E-state index in [1.807, 2.05) is 0 Å². The summed E-state index contributed by atoms with van der Waals surface area (Å²) in [5, 5.41) is 0. The SMILES string of the molecule is CCCCCCC/C=C\C/C=C\CCCCCCCCCCCCCC(=O)OCC(COC(=O)CCCCCCCCCCCCCCCCC)OC(=O)CCCCCCCCCCCCCCCCC. The number of ether oxygens (including phenoxy) is 3. The molecule has 0 heterocycles. The maximum Gasteiger partial charge on any atom is 0.306 e. The van der Waals surface area contributed by atoms with Gasteiger partial charge in [0.15, 0.2) is 6.10 Å². The summed E-state index contributed by atoms with van der Waals surface area (Å²) in [6.45, 7) is 6.70. The van der Waals surface area contributed by atoms with Crippen molar-refractivity contribution in [3.05, 3.63) is 24.3 Å². The fourth-order valence-electron chi connectivity index (χ4n) is 9.65. The van der Waals surface area contributed by atoms with Crippen molar-refractivity contribution >= 4 is 17.9 Å². The Morgan fingerprint density at radius 2 is 0.507 bits per heavy atom. The van der Waals surface area contributed by atoms with E-state index < -0.39 is 6.10 Å². The summed E-state index contributed by atoms with van der Waals surface area (Å²) in [6, 6.07) is 0. The Hall–Kier alpha value is -2.11. The van der Waals surface area contributed by atoms with Gasteiger partial charge in [0, 0.05) is 19.3 Å². The molecule has 0 aliphatic carbocycles. The Balaban J connectivity index is 4.27. The van der Waals surface area contributed by atoms with Crippen LogP contribution in [0.2, 0.25) is 0 Å². The average Bonchev–Trinajstić information content (AvgIpc) is 3.37. The van der Waals surface area contributed by atoms with Gasteiger partial charge in [0.05, 0.1) is 0 Å². The van der Waals surface area contributed by atoms with E-state index in [-0.39, 0.29) is 31.1 Å². The van der Waals surface area contributed by atoms with Gasteiger partial charge in [-0.3, -0.25) is 14.4 Å². The number of unbranched alkanes of at least 4 members (excludes halogenated alkanes) is 44. The Labute approximate surface area is 443 Å². The van der Waals surface area contributed by atoms with Crippen molar-refractivity contribution < 1.29 is 28.6 Å². The lowest BCUT2D eigenvalue weighted by Crippen LogP contribution is -2.30. The Bertz CT molecular complexity index is 1150. The van der Waals surface area contributed by atoms with Crippen LogP contribution in [0.25, 0.3) is 0 Å². The zero-order chi connectivity index (χ0) is 51.4. The lowest BCUT2D eigenvalue weighted by molar-refractivity contribution is -0.167. The summed E-state index contributed by atoms with van der Waals surface area (Å²) < 4.78 is 16.9. The lowest BCUT2D eigenvalue weighted by atomic mass is 10.0. The van der Waals surface area contributed by atoms with Crippen LogP contribution in [0.1, 0.15) is 355 Å². The van der Waals surface area contributed by atoms with Crippen molar-refractivity contribution in [1.82, 2.24) is 0 Å². The molecule has 0 radical (unpaired) electrons. The van der Waals surface area contributed by atoms with Crippen LogP contribution in [0.4, 0.5) is 0 Å². The summed E-state index contributed by atoms with van der Waals surface area (Å²) >= 11 is 0. The summed E-state index contributed by atoms with van der Waals surface area (Å²) in [5.74, 6) is -0.840. The topological polar surface area (TPSA) is 78.9 Å². The van der Waals surface area contributed by atoms with Gasteiger partial charge in [-0.15, -0.1) is 0 Å². The highest BCUT2D eigenvalue weighted by Crippen LogP contribution is 2.18. The number of carbonyl (C=O) groups excluding carboxylic acids is 3. The highest BCUT2D eigenvalue weighted by molar-refractivity contribution is 5.71. The number of allylic oxidation sites excluding steroid dienone is 4.